The maximum Gasteiger partial charge on any atom is 0.213 e. The Bertz CT molecular complexity index is 332. The molecular formula is C11H17ClN2O2. The van der Waals surface area contributed by atoms with Gasteiger partial charge in [0.2, 0.25) is 5.88 Å². The van der Waals surface area contributed by atoms with Gasteiger partial charge in [0.05, 0.1) is 23.4 Å². The van der Waals surface area contributed by atoms with Crippen molar-refractivity contribution in [3.8, 4) is 5.88 Å². The van der Waals surface area contributed by atoms with E-state index in [1.54, 1.807) is 12.1 Å². The quantitative estimate of drug-likeness (QED) is 0.778. The van der Waals surface area contributed by atoms with Gasteiger partial charge in [-0.15, -0.1) is 0 Å². The molecule has 0 saturated carbocycles. The number of aromatic nitrogens is 1. The molecule has 0 spiro atoms. The molecular weight excluding hydrogens is 228 g/mol. The highest BCUT2D eigenvalue weighted by Gasteiger charge is 2.03. The number of pyridine rings is 1. The van der Waals surface area contributed by atoms with Crippen molar-refractivity contribution in [2.24, 2.45) is 5.73 Å². The van der Waals surface area contributed by atoms with E-state index in [4.69, 9.17) is 26.8 Å². The van der Waals surface area contributed by atoms with Crippen molar-refractivity contribution >= 4 is 11.6 Å². The van der Waals surface area contributed by atoms with Crippen molar-refractivity contribution in [2.45, 2.75) is 26.5 Å². The summed E-state index contributed by atoms with van der Waals surface area (Å²) in [5, 5.41) is 0.563. The van der Waals surface area contributed by atoms with E-state index in [2.05, 4.69) is 4.98 Å². The highest BCUT2D eigenvalue weighted by Crippen LogP contribution is 2.17. The highest BCUT2D eigenvalue weighted by atomic mass is 35.5. The van der Waals surface area contributed by atoms with Crippen molar-refractivity contribution in [1.29, 1.82) is 0 Å². The van der Waals surface area contributed by atoms with E-state index in [1.165, 1.54) is 0 Å². The van der Waals surface area contributed by atoms with Crippen LogP contribution in [-0.2, 0) is 11.3 Å². The molecule has 4 nitrogen and oxygen atoms in total. The molecule has 2 N–H and O–H groups in total. The third-order valence-electron chi connectivity index (χ3n) is 1.87. The molecule has 1 aromatic heterocycles. The zero-order valence-corrected chi connectivity index (χ0v) is 10.3. The van der Waals surface area contributed by atoms with Crippen LogP contribution >= 0.6 is 11.6 Å². The van der Waals surface area contributed by atoms with Crippen LogP contribution < -0.4 is 10.5 Å². The maximum absolute atomic E-state index is 5.88. The normalized spacial score (nSPS) is 10.8. The molecule has 0 aliphatic carbocycles. The standard InChI is InChI=1S/C11H17ClN2O2/c1-8(2)15-5-6-16-11-4-3-9(12)10(7-13)14-11/h3-4,8H,5-7,13H2,1-2H3. The van der Waals surface area contributed by atoms with Gasteiger partial charge in [-0.1, -0.05) is 11.6 Å². The number of nitrogens with zero attached hydrogens (tertiary/aromatic N) is 1. The van der Waals surface area contributed by atoms with Crippen LogP contribution in [0.15, 0.2) is 12.1 Å². The van der Waals surface area contributed by atoms with Crippen LogP contribution in [0.1, 0.15) is 19.5 Å². The molecule has 0 aromatic carbocycles. The van der Waals surface area contributed by atoms with Gasteiger partial charge in [0.1, 0.15) is 6.61 Å². The predicted molar refractivity (Wildman–Crippen MR) is 63.7 cm³/mol. The summed E-state index contributed by atoms with van der Waals surface area (Å²) < 4.78 is 10.7. The summed E-state index contributed by atoms with van der Waals surface area (Å²) in [6.45, 7) is 5.27. The Morgan fingerprint density at radius 3 is 2.75 bits per heavy atom. The lowest BCUT2D eigenvalue weighted by atomic mass is 10.3. The maximum atomic E-state index is 5.88. The van der Waals surface area contributed by atoms with E-state index in [-0.39, 0.29) is 6.10 Å². The summed E-state index contributed by atoms with van der Waals surface area (Å²) in [6, 6.07) is 3.45. The number of halogens is 1. The van der Waals surface area contributed by atoms with Gasteiger partial charge in [0, 0.05) is 12.6 Å². The number of hydrogen-bond acceptors (Lipinski definition) is 4. The van der Waals surface area contributed by atoms with Gasteiger partial charge in [-0.2, -0.15) is 0 Å². The van der Waals surface area contributed by atoms with E-state index >= 15 is 0 Å². The van der Waals surface area contributed by atoms with Gasteiger partial charge in [0.25, 0.3) is 0 Å². The average Bonchev–Trinajstić information content (AvgIpc) is 2.26. The molecule has 0 bridgehead atoms. The third kappa shape index (κ3) is 4.35. The molecule has 0 aliphatic heterocycles. The number of rotatable bonds is 6. The van der Waals surface area contributed by atoms with E-state index in [0.717, 1.165) is 0 Å². The van der Waals surface area contributed by atoms with Crippen molar-refractivity contribution in [1.82, 2.24) is 4.98 Å². The van der Waals surface area contributed by atoms with Crippen molar-refractivity contribution < 1.29 is 9.47 Å². The van der Waals surface area contributed by atoms with Crippen molar-refractivity contribution in [3.63, 3.8) is 0 Å². The van der Waals surface area contributed by atoms with Gasteiger partial charge in [-0.3, -0.25) is 0 Å². The Morgan fingerprint density at radius 1 is 1.38 bits per heavy atom. The molecule has 5 heteroatoms. The van der Waals surface area contributed by atoms with Crippen LogP contribution in [0.5, 0.6) is 5.88 Å². The lowest BCUT2D eigenvalue weighted by Crippen LogP contribution is -2.12. The summed E-state index contributed by atoms with van der Waals surface area (Å²) in [5.41, 5.74) is 6.13. The largest absolute Gasteiger partial charge is 0.475 e. The van der Waals surface area contributed by atoms with E-state index in [0.29, 0.717) is 36.4 Å². The molecule has 0 aliphatic rings. The summed E-state index contributed by atoms with van der Waals surface area (Å²) in [5.74, 6) is 0.525. The monoisotopic (exact) mass is 244 g/mol. The Balaban J connectivity index is 2.42. The first kappa shape index (κ1) is 13.2. The number of hydrogen-bond donors (Lipinski definition) is 1. The fraction of sp³-hybridized carbons (Fsp3) is 0.545. The predicted octanol–water partition coefficient (Wildman–Crippen LogP) is 2.00. The second-order valence-corrected chi connectivity index (χ2v) is 3.96. The molecule has 1 rings (SSSR count). The summed E-state index contributed by atoms with van der Waals surface area (Å²) in [4.78, 5) is 4.17. The zero-order valence-electron chi connectivity index (χ0n) is 9.57. The number of nitrogens with two attached hydrogens (primary N) is 1. The Morgan fingerprint density at radius 2 is 2.12 bits per heavy atom. The van der Waals surface area contributed by atoms with Crippen LogP contribution in [0.4, 0.5) is 0 Å². The molecule has 0 atom stereocenters. The van der Waals surface area contributed by atoms with Crippen LogP contribution in [0.3, 0.4) is 0 Å². The van der Waals surface area contributed by atoms with Crippen molar-refractivity contribution in [3.05, 3.63) is 22.8 Å². The van der Waals surface area contributed by atoms with Crippen LogP contribution in [0.2, 0.25) is 5.02 Å². The fourth-order valence-corrected chi connectivity index (χ4v) is 1.30. The van der Waals surface area contributed by atoms with E-state index in [9.17, 15) is 0 Å². The lowest BCUT2D eigenvalue weighted by molar-refractivity contribution is 0.0542. The van der Waals surface area contributed by atoms with Gasteiger partial charge < -0.3 is 15.2 Å². The second kappa shape index (κ2) is 6.68. The SMILES string of the molecule is CC(C)OCCOc1ccc(Cl)c(CN)n1. The molecule has 0 fully saturated rings. The smallest absolute Gasteiger partial charge is 0.213 e. The van der Waals surface area contributed by atoms with Gasteiger partial charge in [-0.05, 0) is 19.9 Å². The highest BCUT2D eigenvalue weighted by molar-refractivity contribution is 6.31. The number of ether oxygens (including phenoxy) is 2. The van der Waals surface area contributed by atoms with Gasteiger partial charge in [0.15, 0.2) is 0 Å². The first-order valence-corrected chi connectivity index (χ1v) is 5.61. The van der Waals surface area contributed by atoms with Gasteiger partial charge in [-0.25, -0.2) is 4.98 Å². The summed E-state index contributed by atoms with van der Waals surface area (Å²) in [6.07, 6.45) is 0.210. The summed E-state index contributed by atoms with van der Waals surface area (Å²) in [7, 11) is 0. The molecule has 0 unspecified atom stereocenters. The Labute approximate surface area is 101 Å². The molecule has 90 valence electrons. The molecule has 16 heavy (non-hydrogen) atoms. The van der Waals surface area contributed by atoms with Crippen LogP contribution in [0.25, 0.3) is 0 Å². The lowest BCUT2D eigenvalue weighted by Gasteiger charge is -2.09. The van der Waals surface area contributed by atoms with E-state index < -0.39 is 0 Å². The zero-order chi connectivity index (χ0) is 12.0. The van der Waals surface area contributed by atoms with Gasteiger partial charge >= 0.3 is 0 Å². The minimum atomic E-state index is 0.210. The molecule has 1 heterocycles. The average molecular weight is 245 g/mol. The Hall–Kier alpha value is -0.840. The first-order valence-electron chi connectivity index (χ1n) is 5.23. The van der Waals surface area contributed by atoms with Crippen LogP contribution in [0, 0.1) is 0 Å². The van der Waals surface area contributed by atoms with Crippen molar-refractivity contribution in [2.75, 3.05) is 13.2 Å². The topological polar surface area (TPSA) is 57.4 Å². The van der Waals surface area contributed by atoms with E-state index in [1.807, 2.05) is 13.8 Å². The molecule has 0 radical (unpaired) electrons. The second-order valence-electron chi connectivity index (χ2n) is 3.55. The minimum Gasteiger partial charge on any atom is -0.475 e. The molecule has 0 amide bonds. The molecule has 0 saturated heterocycles. The molecule has 1 aromatic rings. The third-order valence-corrected chi connectivity index (χ3v) is 2.22. The first-order chi connectivity index (χ1) is 7.63. The fourth-order valence-electron chi connectivity index (χ4n) is 1.12. The Kier molecular flexibility index (Phi) is 5.52. The summed E-state index contributed by atoms with van der Waals surface area (Å²) >= 11 is 5.88. The van der Waals surface area contributed by atoms with Crippen LogP contribution in [-0.4, -0.2) is 24.3 Å². The minimum absolute atomic E-state index is 0.210.